The van der Waals surface area contributed by atoms with Crippen LogP contribution < -0.4 is 0 Å². The summed E-state index contributed by atoms with van der Waals surface area (Å²) in [6.45, 7) is 0. The van der Waals surface area contributed by atoms with Crippen LogP contribution in [0.1, 0.15) is 15.9 Å². The summed E-state index contributed by atoms with van der Waals surface area (Å²) >= 11 is 1.68. The Morgan fingerprint density at radius 3 is 2.05 bits per heavy atom. The van der Waals surface area contributed by atoms with Gasteiger partial charge < -0.3 is 4.74 Å². The van der Waals surface area contributed by atoms with E-state index in [-0.39, 0.29) is 5.97 Å². The van der Waals surface area contributed by atoms with Gasteiger partial charge in [0.2, 0.25) is 0 Å². The lowest BCUT2D eigenvalue weighted by Crippen LogP contribution is -2.00. The third-order valence-corrected chi connectivity index (χ3v) is 4.16. The summed E-state index contributed by atoms with van der Waals surface area (Å²) in [5.41, 5.74) is 1.88. The zero-order chi connectivity index (χ0) is 13.7. The smallest absolute Gasteiger partial charge is 0.337 e. The SMILES string of the molecule is COC(=O)c1ccc(Sc2ccc(CP)cc2)cc1. The summed E-state index contributed by atoms with van der Waals surface area (Å²) in [6.07, 6.45) is 0.971. The first-order chi connectivity index (χ1) is 9.22. The highest BCUT2D eigenvalue weighted by atomic mass is 32.2. The van der Waals surface area contributed by atoms with Crippen LogP contribution in [0.5, 0.6) is 0 Å². The molecule has 2 aromatic carbocycles. The second-order valence-electron chi connectivity index (χ2n) is 3.97. The Morgan fingerprint density at radius 2 is 1.58 bits per heavy atom. The molecule has 0 aliphatic heterocycles. The Kier molecular flexibility index (Phi) is 5.00. The predicted octanol–water partition coefficient (Wildman–Crippen LogP) is 4.00. The van der Waals surface area contributed by atoms with Crippen molar-refractivity contribution in [3.05, 3.63) is 59.7 Å². The molecule has 0 aliphatic carbocycles. The van der Waals surface area contributed by atoms with E-state index < -0.39 is 0 Å². The summed E-state index contributed by atoms with van der Waals surface area (Å²) in [6, 6.07) is 15.9. The van der Waals surface area contributed by atoms with Gasteiger partial charge in [-0.15, -0.1) is 9.24 Å². The van der Waals surface area contributed by atoms with E-state index >= 15 is 0 Å². The molecular weight excluding hydrogens is 275 g/mol. The molecule has 0 spiro atoms. The van der Waals surface area contributed by atoms with Gasteiger partial charge in [-0.2, -0.15) is 0 Å². The van der Waals surface area contributed by atoms with Gasteiger partial charge >= 0.3 is 5.97 Å². The second kappa shape index (κ2) is 6.74. The van der Waals surface area contributed by atoms with E-state index in [1.54, 1.807) is 23.9 Å². The van der Waals surface area contributed by atoms with E-state index in [9.17, 15) is 4.79 Å². The Balaban J connectivity index is 2.08. The highest BCUT2D eigenvalue weighted by Gasteiger charge is 2.04. The lowest BCUT2D eigenvalue weighted by molar-refractivity contribution is 0.0600. The summed E-state index contributed by atoms with van der Waals surface area (Å²) in [7, 11) is 4.10. The van der Waals surface area contributed by atoms with Gasteiger partial charge in [-0.05, 0) is 48.1 Å². The number of ether oxygens (including phenoxy) is 1. The molecule has 0 saturated carbocycles. The van der Waals surface area contributed by atoms with E-state index in [1.807, 2.05) is 12.1 Å². The van der Waals surface area contributed by atoms with Crippen molar-refractivity contribution in [2.24, 2.45) is 0 Å². The quantitative estimate of drug-likeness (QED) is 0.629. The number of methoxy groups -OCH3 is 1. The maximum absolute atomic E-state index is 11.3. The number of rotatable bonds is 4. The predicted molar refractivity (Wildman–Crippen MR) is 81.8 cm³/mol. The average molecular weight is 290 g/mol. The van der Waals surface area contributed by atoms with Crippen LogP contribution >= 0.6 is 21.0 Å². The summed E-state index contributed by atoms with van der Waals surface area (Å²) in [4.78, 5) is 13.6. The number of esters is 1. The van der Waals surface area contributed by atoms with Crippen LogP contribution in [-0.2, 0) is 10.9 Å². The van der Waals surface area contributed by atoms with Crippen LogP contribution in [0.4, 0.5) is 0 Å². The molecule has 0 N–H and O–H groups in total. The molecule has 0 amide bonds. The third kappa shape index (κ3) is 3.82. The molecule has 0 saturated heterocycles. The third-order valence-electron chi connectivity index (χ3n) is 2.67. The van der Waals surface area contributed by atoms with E-state index in [2.05, 4.69) is 38.2 Å². The molecule has 2 rings (SSSR count). The van der Waals surface area contributed by atoms with Gasteiger partial charge in [0.15, 0.2) is 0 Å². The highest BCUT2D eigenvalue weighted by molar-refractivity contribution is 7.99. The highest BCUT2D eigenvalue weighted by Crippen LogP contribution is 2.28. The van der Waals surface area contributed by atoms with Crippen molar-refractivity contribution in [1.82, 2.24) is 0 Å². The zero-order valence-corrected chi connectivity index (χ0v) is 12.6. The van der Waals surface area contributed by atoms with Gasteiger partial charge in [-0.25, -0.2) is 4.79 Å². The van der Waals surface area contributed by atoms with Crippen LogP contribution in [0, 0.1) is 0 Å². The molecule has 0 heterocycles. The summed E-state index contributed by atoms with van der Waals surface area (Å²) in [5.74, 6) is -0.304. The van der Waals surface area contributed by atoms with Gasteiger partial charge in [-0.3, -0.25) is 0 Å². The van der Waals surface area contributed by atoms with Gasteiger partial charge in [0.1, 0.15) is 0 Å². The molecule has 4 heteroatoms. The minimum Gasteiger partial charge on any atom is -0.465 e. The minimum atomic E-state index is -0.304. The van der Waals surface area contributed by atoms with Gasteiger partial charge in [0.25, 0.3) is 0 Å². The van der Waals surface area contributed by atoms with Crippen molar-refractivity contribution in [2.45, 2.75) is 16.0 Å². The molecule has 1 atom stereocenters. The molecule has 2 nitrogen and oxygen atoms in total. The number of hydrogen-bond acceptors (Lipinski definition) is 3. The lowest BCUT2D eigenvalue weighted by Gasteiger charge is -2.04. The van der Waals surface area contributed by atoms with Gasteiger partial charge in [0.05, 0.1) is 12.7 Å². The second-order valence-corrected chi connectivity index (χ2v) is 5.52. The normalized spacial score (nSPS) is 10.2. The fourth-order valence-electron chi connectivity index (χ4n) is 1.61. The summed E-state index contributed by atoms with van der Waals surface area (Å²) < 4.78 is 4.67. The van der Waals surface area contributed by atoms with Crippen LogP contribution in [0.2, 0.25) is 0 Å². The molecule has 0 radical (unpaired) electrons. The van der Waals surface area contributed by atoms with Crippen LogP contribution in [0.15, 0.2) is 58.3 Å². The topological polar surface area (TPSA) is 26.3 Å². The number of benzene rings is 2. The van der Waals surface area contributed by atoms with Crippen molar-refractivity contribution in [3.63, 3.8) is 0 Å². The first-order valence-corrected chi connectivity index (χ1v) is 7.51. The maximum atomic E-state index is 11.3. The lowest BCUT2D eigenvalue weighted by atomic mass is 10.2. The first-order valence-electron chi connectivity index (χ1n) is 5.88. The van der Waals surface area contributed by atoms with Crippen LogP contribution in [0.3, 0.4) is 0 Å². The fourth-order valence-corrected chi connectivity index (χ4v) is 2.70. The van der Waals surface area contributed by atoms with Gasteiger partial charge in [-0.1, -0.05) is 23.9 Å². The van der Waals surface area contributed by atoms with E-state index in [4.69, 9.17) is 0 Å². The Morgan fingerprint density at radius 1 is 1.05 bits per heavy atom. The van der Waals surface area contributed by atoms with Crippen molar-refractivity contribution in [3.8, 4) is 0 Å². The zero-order valence-electron chi connectivity index (χ0n) is 10.6. The molecule has 0 fully saturated rings. The average Bonchev–Trinajstić information content (AvgIpc) is 2.48. The molecular formula is C15H15O2PS. The van der Waals surface area contributed by atoms with Crippen LogP contribution in [-0.4, -0.2) is 13.1 Å². The maximum Gasteiger partial charge on any atom is 0.337 e. The van der Waals surface area contributed by atoms with Crippen LogP contribution in [0.25, 0.3) is 0 Å². The number of carbonyl (C=O) groups excluding carboxylic acids is 1. The molecule has 1 unspecified atom stereocenters. The summed E-state index contributed by atoms with van der Waals surface area (Å²) in [5, 5.41) is 0. The molecule has 0 bridgehead atoms. The monoisotopic (exact) mass is 290 g/mol. The Bertz CT molecular complexity index is 549. The standard InChI is InChI=1S/C15H15O2PS/c1-17-15(16)12-4-8-14(9-5-12)19-13-6-2-11(10-18)3-7-13/h2-9H,10,18H2,1H3. The van der Waals surface area contributed by atoms with E-state index in [0.29, 0.717) is 5.56 Å². The van der Waals surface area contributed by atoms with Crippen molar-refractivity contribution in [1.29, 1.82) is 0 Å². The molecule has 2 aromatic rings. The minimum absolute atomic E-state index is 0.304. The molecule has 0 aliphatic rings. The fraction of sp³-hybridized carbons (Fsp3) is 0.133. The van der Waals surface area contributed by atoms with E-state index in [1.165, 1.54) is 17.6 Å². The van der Waals surface area contributed by atoms with E-state index in [0.717, 1.165) is 11.1 Å². The van der Waals surface area contributed by atoms with Gasteiger partial charge in [0, 0.05) is 9.79 Å². The first kappa shape index (κ1) is 14.1. The van der Waals surface area contributed by atoms with Crippen molar-refractivity contribution < 1.29 is 9.53 Å². The Labute approximate surface area is 119 Å². The molecule has 19 heavy (non-hydrogen) atoms. The number of hydrogen-bond donors (Lipinski definition) is 0. The largest absolute Gasteiger partial charge is 0.465 e. The number of carbonyl (C=O) groups is 1. The molecule has 98 valence electrons. The van der Waals surface area contributed by atoms with Crippen molar-refractivity contribution in [2.75, 3.05) is 7.11 Å². The van der Waals surface area contributed by atoms with Crippen molar-refractivity contribution >= 4 is 27.0 Å². The molecule has 0 aromatic heterocycles. The Hall–Kier alpha value is -1.31.